The van der Waals surface area contributed by atoms with Crippen LogP contribution in [0.25, 0.3) is 11.0 Å². The predicted octanol–water partition coefficient (Wildman–Crippen LogP) is 0.683. The molecular weight excluding hydrogens is 246 g/mol. The number of nitrogens with zero attached hydrogens (tertiary/aromatic N) is 4. The standard InChI is InChI=1S/C12H17N5O2/c1-4-19-12(18)8-5-13-10-9-7(2)14-16(3)11(9)15-17(10)6-8/h8,13H,4-6H2,1-3H3. The van der Waals surface area contributed by atoms with Gasteiger partial charge in [0.15, 0.2) is 5.65 Å². The minimum absolute atomic E-state index is 0.171. The van der Waals surface area contributed by atoms with Gasteiger partial charge in [0, 0.05) is 13.6 Å². The summed E-state index contributed by atoms with van der Waals surface area (Å²) in [6, 6.07) is 0. The second-order valence-corrected chi connectivity index (χ2v) is 4.77. The summed E-state index contributed by atoms with van der Waals surface area (Å²) in [5.41, 5.74) is 1.78. The topological polar surface area (TPSA) is 74.0 Å². The number of aryl methyl sites for hydroxylation is 2. The molecule has 0 fully saturated rings. The van der Waals surface area contributed by atoms with Crippen molar-refractivity contribution in [2.24, 2.45) is 13.0 Å². The Morgan fingerprint density at radius 1 is 1.53 bits per heavy atom. The largest absolute Gasteiger partial charge is 0.466 e. The van der Waals surface area contributed by atoms with Gasteiger partial charge in [-0.1, -0.05) is 0 Å². The number of hydrogen-bond acceptors (Lipinski definition) is 5. The average molecular weight is 263 g/mol. The summed E-state index contributed by atoms with van der Waals surface area (Å²) >= 11 is 0. The summed E-state index contributed by atoms with van der Waals surface area (Å²) in [5, 5.41) is 13.2. The van der Waals surface area contributed by atoms with Crippen molar-refractivity contribution in [3.05, 3.63) is 5.69 Å². The molecule has 3 heterocycles. The Morgan fingerprint density at radius 2 is 2.32 bits per heavy atom. The van der Waals surface area contributed by atoms with E-state index in [1.807, 2.05) is 25.6 Å². The molecule has 1 unspecified atom stereocenters. The van der Waals surface area contributed by atoms with Crippen LogP contribution in [0.3, 0.4) is 0 Å². The molecule has 0 aliphatic carbocycles. The van der Waals surface area contributed by atoms with Gasteiger partial charge in [0.2, 0.25) is 0 Å². The minimum atomic E-state index is -0.185. The molecule has 0 spiro atoms. The molecule has 0 radical (unpaired) electrons. The highest BCUT2D eigenvalue weighted by molar-refractivity contribution is 5.91. The molecule has 0 saturated heterocycles. The number of rotatable bonds is 2. The van der Waals surface area contributed by atoms with Crippen LogP contribution in [0.5, 0.6) is 0 Å². The summed E-state index contributed by atoms with van der Waals surface area (Å²) in [6.45, 7) is 5.32. The number of hydrogen-bond donors (Lipinski definition) is 1. The highest BCUT2D eigenvalue weighted by Gasteiger charge is 2.29. The third-order valence-corrected chi connectivity index (χ3v) is 3.43. The van der Waals surface area contributed by atoms with Gasteiger partial charge in [-0.15, -0.1) is 0 Å². The summed E-state index contributed by atoms with van der Waals surface area (Å²) < 4.78 is 8.66. The zero-order chi connectivity index (χ0) is 13.6. The summed E-state index contributed by atoms with van der Waals surface area (Å²) in [6.07, 6.45) is 0. The number of carbonyl (C=O) groups is 1. The normalized spacial score (nSPS) is 18.2. The van der Waals surface area contributed by atoms with Gasteiger partial charge in [0.1, 0.15) is 5.82 Å². The van der Waals surface area contributed by atoms with Crippen LogP contribution in [-0.4, -0.2) is 38.7 Å². The fourth-order valence-electron chi connectivity index (χ4n) is 2.55. The van der Waals surface area contributed by atoms with Crippen molar-refractivity contribution in [3.63, 3.8) is 0 Å². The maximum atomic E-state index is 11.8. The van der Waals surface area contributed by atoms with Crippen LogP contribution >= 0.6 is 0 Å². The van der Waals surface area contributed by atoms with Gasteiger partial charge in [0.25, 0.3) is 0 Å². The molecule has 0 aromatic carbocycles. The van der Waals surface area contributed by atoms with Gasteiger partial charge < -0.3 is 10.1 Å². The van der Waals surface area contributed by atoms with Crippen LogP contribution in [0.1, 0.15) is 12.6 Å². The van der Waals surface area contributed by atoms with E-state index < -0.39 is 0 Å². The van der Waals surface area contributed by atoms with Gasteiger partial charge in [-0.2, -0.15) is 10.2 Å². The lowest BCUT2D eigenvalue weighted by Gasteiger charge is -2.23. The summed E-state index contributed by atoms with van der Waals surface area (Å²) in [4.78, 5) is 11.8. The molecule has 1 aliphatic rings. The SMILES string of the molecule is CCOC(=O)C1CNc2c3c(C)nn(C)c3nn2C1. The number of fused-ring (bicyclic) bond motifs is 3. The van der Waals surface area contributed by atoms with E-state index in [2.05, 4.69) is 15.5 Å². The monoisotopic (exact) mass is 263 g/mol. The van der Waals surface area contributed by atoms with Crippen molar-refractivity contribution >= 4 is 22.8 Å². The van der Waals surface area contributed by atoms with Crippen LogP contribution in [0.15, 0.2) is 0 Å². The van der Waals surface area contributed by atoms with E-state index in [0.717, 1.165) is 22.5 Å². The number of esters is 1. The highest BCUT2D eigenvalue weighted by Crippen LogP contribution is 2.29. The molecule has 102 valence electrons. The van der Waals surface area contributed by atoms with E-state index in [1.54, 1.807) is 4.68 Å². The molecule has 0 saturated carbocycles. The zero-order valence-corrected chi connectivity index (χ0v) is 11.3. The van der Waals surface area contributed by atoms with Crippen molar-refractivity contribution in [1.82, 2.24) is 19.6 Å². The van der Waals surface area contributed by atoms with E-state index in [0.29, 0.717) is 19.7 Å². The van der Waals surface area contributed by atoms with Crippen LogP contribution in [-0.2, 0) is 23.1 Å². The maximum absolute atomic E-state index is 11.8. The average Bonchev–Trinajstić information content (AvgIpc) is 2.88. The lowest BCUT2D eigenvalue weighted by Crippen LogP contribution is -2.34. The molecule has 3 rings (SSSR count). The van der Waals surface area contributed by atoms with Crippen molar-refractivity contribution in [3.8, 4) is 0 Å². The van der Waals surface area contributed by atoms with Crippen molar-refractivity contribution in [1.29, 1.82) is 0 Å². The Balaban J connectivity index is 1.96. The summed E-state index contributed by atoms with van der Waals surface area (Å²) in [5.74, 6) is 0.589. The molecule has 7 heteroatoms. The fourth-order valence-corrected chi connectivity index (χ4v) is 2.55. The van der Waals surface area contributed by atoms with Gasteiger partial charge in [0.05, 0.1) is 30.1 Å². The second kappa shape index (κ2) is 4.25. The first kappa shape index (κ1) is 12.0. The molecular formula is C12H17N5O2. The Labute approximate surface area is 110 Å². The fraction of sp³-hybridized carbons (Fsp3) is 0.583. The molecule has 0 bridgehead atoms. The first-order valence-corrected chi connectivity index (χ1v) is 6.42. The van der Waals surface area contributed by atoms with Crippen molar-refractivity contribution in [2.75, 3.05) is 18.5 Å². The lowest BCUT2D eigenvalue weighted by molar-refractivity contribution is -0.148. The maximum Gasteiger partial charge on any atom is 0.312 e. The van der Waals surface area contributed by atoms with Gasteiger partial charge in [-0.05, 0) is 13.8 Å². The molecule has 1 aliphatic heterocycles. The van der Waals surface area contributed by atoms with Gasteiger partial charge >= 0.3 is 5.97 Å². The molecule has 2 aromatic heterocycles. The molecule has 7 nitrogen and oxygen atoms in total. The third kappa shape index (κ3) is 1.76. The highest BCUT2D eigenvalue weighted by atomic mass is 16.5. The van der Waals surface area contributed by atoms with Crippen LogP contribution in [0.2, 0.25) is 0 Å². The third-order valence-electron chi connectivity index (χ3n) is 3.43. The molecule has 2 aromatic rings. The predicted molar refractivity (Wildman–Crippen MR) is 69.8 cm³/mol. The molecule has 0 amide bonds. The number of carbonyl (C=O) groups excluding carboxylic acids is 1. The second-order valence-electron chi connectivity index (χ2n) is 4.77. The van der Waals surface area contributed by atoms with Gasteiger partial charge in [-0.25, -0.2) is 9.36 Å². The van der Waals surface area contributed by atoms with Crippen LogP contribution in [0.4, 0.5) is 5.82 Å². The number of aromatic nitrogens is 4. The lowest BCUT2D eigenvalue weighted by atomic mass is 10.1. The zero-order valence-electron chi connectivity index (χ0n) is 11.3. The number of ether oxygens (including phenoxy) is 1. The van der Waals surface area contributed by atoms with Crippen LogP contribution in [0, 0.1) is 12.8 Å². The number of nitrogens with one attached hydrogen (secondary N) is 1. The Morgan fingerprint density at radius 3 is 3.05 bits per heavy atom. The summed E-state index contributed by atoms with van der Waals surface area (Å²) in [7, 11) is 1.87. The Hall–Kier alpha value is -2.05. The molecule has 1 atom stereocenters. The number of anilines is 1. The quantitative estimate of drug-likeness (QED) is 0.807. The Kier molecular flexibility index (Phi) is 2.69. The van der Waals surface area contributed by atoms with E-state index in [4.69, 9.17) is 4.74 Å². The first-order valence-electron chi connectivity index (χ1n) is 6.42. The van der Waals surface area contributed by atoms with E-state index in [1.165, 1.54) is 0 Å². The minimum Gasteiger partial charge on any atom is -0.466 e. The molecule has 19 heavy (non-hydrogen) atoms. The van der Waals surface area contributed by atoms with Crippen molar-refractivity contribution in [2.45, 2.75) is 20.4 Å². The van der Waals surface area contributed by atoms with E-state index in [9.17, 15) is 4.79 Å². The van der Waals surface area contributed by atoms with Crippen molar-refractivity contribution < 1.29 is 9.53 Å². The smallest absolute Gasteiger partial charge is 0.312 e. The Bertz CT molecular complexity index is 642. The van der Waals surface area contributed by atoms with E-state index >= 15 is 0 Å². The van der Waals surface area contributed by atoms with Crippen LogP contribution < -0.4 is 5.32 Å². The van der Waals surface area contributed by atoms with Gasteiger partial charge in [-0.3, -0.25) is 4.79 Å². The first-order chi connectivity index (χ1) is 9.11. The van der Waals surface area contributed by atoms with E-state index in [-0.39, 0.29) is 11.9 Å². The molecule has 1 N–H and O–H groups in total.